The summed E-state index contributed by atoms with van der Waals surface area (Å²) < 4.78 is 10.9. The third-order valence-corrected chi connectivity index (χ3v) is 2.91. The molecule has 0 unspecified atom stereocenters. The molecule has 0 bridgehead atoms. The summed E-state index contributed by atoms with van der Waals surface area (Å²) in [6, 6.07) is 2.99. The van der Waals surface area contributed by atoms with E-state index in [0.29, 0.717) is 24.4 Å². The monoisotopic (exact) mass is 289 g/mol. The molecule has 1 saturated heterocycles. The molecule has 0 spiro atoms. The first kappa shape index (κ1) is 11.6. The maximum atomic E-state index is 12.0. The van der Waals surface area contributed by atoms with Crippen LogP contribution in [0, 0.1) is 0 Å². The van der Waals surface area contributed by atoms with Crippen molar-refractivity contribution in [3.63, 3.8) is 0 Å². The normalized spacial score (nSPS) is 21.1. The Morgan fingerprint density at radius 3 is 3.06 bits per heavy atom. The Morgan fingerprint density at radius 2 is 2.44 bits per heavy atom. The summed E-state index contributed by atoms with van der Waals surface area (Å²) in [5.74, 6) is 0.0558. The second kappa shape index (κ2) is 4.99. The summed E-state index contributed by atoms with van der Waals surface area (Å²) >= 11 is 3.15. The first-order valence-electron chi connectivity index (χ1n) is 4.97. The van der Waals surface area contributed by atoms with Crippen LogP contribution in [0.25, 0.3) is 0 Å². The zero-order chi connectivity index (χ0) is 11.5. The minimum absolute atomic E-state index is 0.104. The third kappa shape index (κ3) is 2.28. The van der Waals surface area contributed by atoms with Gasteiger partial charge in [-0.05, 0) is 28.1 Å². The van der Waals surface area contributed by atoms with Gasteiger partial charge in [-0.2, -0.15) is 0 Å². The largest absolute Gasteiger partial charge is 0.444 e. The lowest BCUT2D eigenvalue weighted by molar-refractivity contribution is -0.0197. The van der Waals surface area contributed by atoms with Crippen LogP contribution in [-0.4, -0.2) is 48.3 Å². The molecule has 0 aliphatic carbocycles. The summed E-state index contributed by atoms with van der Waals surface area (Å²) in [5, 5.41) is 9.15. The number of halogens is 1. The van der Waals surface area contributed by atoms with Crippen LogP contribution >= 0.6 is 15.9 Å². The van der Waals surface area contributed by atoms with Gasteiger partial charge in [-0.25, -0.2) is 0 Å². The van der Waals surface area contributed by atoms with Gasteiger partial charge in [0.05, 0.1) is 25.9 Å². The van der Waals surface area contributed by atoms with Gasteiger partial charge in [0, 0.05) is 6.54 Å². The van der Waals surface area contributed by atoms with Gasteiger partial charge in [0.15, 0.2) is 10.4 Å². The van der Waals surface area contributed by atoms with Gasteiger partial charge >= 0.3 is 0 Å². The number of furan rings is 1. The second-order valence-corrected chi connectivity index (χ2v) is 4.30. The summed E-state index contributed by atoms with van der Waals surface area (Å²) in [5.41, 5.74) is 0. The number of morpholine rings is 1. The van der Waals surface area contributed by atoms with Crippen molar-refractivity contribution < 1.29 is 19.1 Å². The summed E-state index contributed by atoms with van der Waals surface area (Å²) in [7, 11) is 0. The zero-order valence-electron chi connectivity index (χ0n) is 8.56. The predicted molar refractivity (Wildman–Crippen MR) is 59.1 cm³/mol. The minimum Gasteiger partial charge on any atom is -0.444 e. The van der Waals surface area contributed by atoms with E-state index in [9.17, 15) is 4.79 Å². The first-order chi connectivity index (χ1) is 7.72. The number of carbonyl (C=O) groups is 1. The summed E-state index contributed by atoms with van der Waals surface area (Å²) in [6.07, 6.45) is 0. The molecule has 88 valence electrons. The average Bonchev–Trinajstić information content (AvgIpc) is 2.75. The van der Waals surface area contributed by atoms with E-state index >= 15 is 0 Å². The average molecular weight is 290 g/mol. The molecule has 1 aliphatic rings. The number of ether oxygens (including phenoxy) is 1. The first-order valence-corrected chi connectivity index (χ1v) is 5.76. The van der Waals surface area contributed by atoms with Gasteiger partial charge < -0.3 is 19.2 Å². The molecule has 1 fully saturated rings. The fraction of sp³-hybridized carbons (Fsp3) is 0.500. The Labute approximate surface area is 101 Å². The van der Waals surface area contributed by atoms with Crippen LogP contribution in [0.3, 0.4) is 0 Å². The summed E-state index contributed by atoms with van der Waals surface area (Å²) in [6.45, 7) is 1.23. The molecule has 1 atom stereocenters. The molecule has 5 nitrogen and oxygen atoms in total. The Balaban J connectivity index is 2.13. The standard InChI is InChI=1S/C10H12BrNO4/c11-9-2-1-8(16-9)10(14)12-3-4-15-6-7(12)5-13/h1-2,7,13H,3-6H2/t7-/m1/s1. The van der Waals surface area contributed by atoms with E-state index in [1.165, 1.54) is 0 Å². The quantitative estimate of drug-likeness (QED) is 0.878. The fourth-order valence-electron chi connectivity index (χ4n) is 1.64. The molecule has 1 aromatic heterocycles. The molecule has 0 saturated carbocycles. The van der Waals surface area contributed by atoms with Gasteiger partial charge in [-0.1, -0.05) is 0 Å². The molecule has 0 aromatic carbocycles. The molecule has 1 aromatic rings. The van der Waals surface area contributed by atoms with Crippen LogP contribution in [0.1, 0.15) is 10.6 Å². The molecule has 0 radical (unpaired) electrons. The van der Waals surface area contributed by atoms with Gasteiger partial charge in [0.25, 0.3) is 5.91 Å². The van der Waals surface area contributed by atoms with Crippen LogP contribution in [0.2, 0.25) is 0 Å². The highest BCUT2D eigenvalue weighted by Gasteiger charge is 2.29. The molecular weight excluding hydrogens is 278 g/mol. The van der Waals surface area contributed by atoms with Crippen molar-refractivity contribution in [2.75, 3.05) is 26.4 Å². The van der Waals surface area contributed by atoms with Gasteiger partial charge in [-0.3, -0.25) is 4.79 Å². The Hall–Kier alpha value is -0.850. The van der Waals surface area contributed by atoms with Crippen molar-refractivity contribution in [2.24, 2.45) is 0 Å². The maximum Gasteiger partial charge on any atom is 0.290 e. The van der Waals surface area contributed by atoms with Crippen LogP contribution in [-0.2, 0) is 4.74 Å². The number of aliphatic hydroxyl groups is 1. The minimum atomic E-state index is -0.287. The van der Waals surface area contributed by atoms with E-state index in [1.54, 1.807) is 17.0 Å². The highest BCUT2D eigenvalue weighted by molar-refractivity contribution is 9.10. The highest BCUT2D eigenvalue weighted by atomic mass is 79.9. The van der Waals surface area contributed by atoms with E-state index in [-0.39, 0.29) is 24.3 Å². The molecule has 1 aliphatic heterocycles. The lowest BCUT2D eigenvalue weighted by Crippen LogP contribution is -2.50. The SMILES string of the molecule is O=C(c1ccc(Br)o1)N1CCOC[C@H]1CO. The third-order valence-electron chi connectivity index (χ3n) is 2.48. The number of carbonyl (C=O) groups excluding carboxylic acids is 1. The van der Waals surface area contributed by atoms with E-state index in [0.717, 1.165) is 0 Å². The van der Waals surface area contributed by atoms with Gasteiger partial charge in [0.1, 0.15) is 0 Å². The van der Waals surface area contributed by atoms with E-state index in [4.69, 9.17) is 14.3 Å². The van der Waals surface area contributed by atoms with Crippen LogP contribution in [0.5, 0.6) is 0 Å². The van der Waals surface area contributed by atoms with Crippen LogP contribution in [0.4, 0.5) is 0 Å². The van der Waals surface area contributed by atoms with Gasteiger partial charge in [-0.15, -0.1) is 0 Å². The van der Waals surface area contributed by atoms with Gasteiger partial charge in [0.2, 0.25) is 0 Å². The summed E-state index contributed by atoms with van der Waals surface area (Å²) in [4.78, 5) is 13.6. The van der Waals surface area contributed by atoms with Crippen molar-refractivity contribution in [1.29, 1.82) is 0 Å². The number of aliphatic hydroxyl groups excluding tert-OH is 1. The molecule has 1 N–H and O–H groups in total. The number of hydrogen-bond acceptors (Lipinski definition) is 4. The van der Waals surface area contributed by atoms with Crippen molar-refractivity contribution in [3.8, 4) is 0 Å². The van der Waals surface area contributed by atoms with Crippen molar-refractivity contribution >= 4 is 21.8 Å². The Kier molecular flexibility index (Phi) is 3.63. The smallest absolute Gasteiger partial charge is 0.290 e. The molecule has 16 heavy (non-hydrogen) atoms. The fourth-order valence-corrected chi connectivity index (χ4v) is 1.95. The van der Waals surface area contributed by atoms with Crippen LogP contribution in [0.15, 0.2) is 21.2 Å². The molecule has 2 rings (SSSR count). The van der Waals surface area contributed by atoms with E-state index in [1.807, 2.05) is 0 Å². The molecule has 2 heterocycles. The maximum absolute atomic E-state index is 12.0. The number of rotatable bonds is 2. The van der Waals surface area contributed by atoms with Crippen LogP contribution < -0.4 is 0 Å². The number of amides is 1. The second-order valence-electron chi connectivity index (χ2n) is 3.51. The topological polar surface area (TPSA) is 62.9 Å². The molecule has 6 heteroatoms. The van der Waals surface area contributed by atoms with Crippen molar-refractivity contribution in [1.82, 2.24) is 4.90 Å². The lowest BCUT2D eigenvalue weighted by atomic mass is 10.2. The van der Waals surface area contributed by atoms with Crippen molar-refractivity contribution in [2.45, 2.75) is 6.04 Å². The Bertz CT molecular complexity index is 379. The number of nitrogens with zero attached hydrogens (tertiary/aromatic N) is 1. The highest BCUT2D eigenvalue weighted by Crippen LogP contribution is 2.18. The molecular formula is C10H12BrNO4. The Morgan fingerprint density at radius 1 is 1.62 bits per heavy atom. The van der Waals surface area contributed by atoms with E-state index < -0.39 is 0 Å². The zero-order valence-corrected chi connectivity index (χ0v) is 10.1. The van der Waals surface area contributed by atoms with Crippen molar-refractivity contribution in [3.05, 3.63) is 22.6 Å². The van der Waals surface area contributed by atoms with E-state index in [2.05, 4.69) is 15.9 Å². The number of hydrogen-bond donors (Lipinski definition) is 1. The lowest BCUT2D eigenvalue weighted by Gasteiger charge is -2.33. The predicted octanol–water partition coefficient (Wildman–Crippen LogP) is 0.875. The molecule has 1 amide bonds.